The molecule has 0 atom stereocenters. The summed E-state index contributed by atoms with van der Waals surface area (Å²) < 4.78 is 65.2. The molecule has 2 aromatic rings. The summed E-state index contributed by atoms with van der Waals surface area (Å²) >= 11 is 0. The maximum absolute atomic E-state index is 12.7. The fourth-order valence-corrected chi connectivity index (χ4v) is 2.73. The van der Waals surface area contributed by atoms with Gasteiger partial charge in [-0.3, -0.25) is 9.59 Å². The molecule has 0 radical (unpaired) electrons. The maximum atomic E-state index is 12.7. The number of halogens is 3. The van der Waals surface area contributed by atoms with Gasteiger partial charge in [-0.1, -0.05) is 24.3 Å². The van der Waals surface area contributed by atoms with E-state index in [4.69, 9.17) is 9.88 Å². The van der Waals surface area contributed by atoms with Crippen molar-refractivity contribution in [2.75, 3.05) is 11.9 Å². The van der Waals surface area contributed by atoms with E-state index in [0.717, 1.165) is 24.3 Å². The highest BCUT2D eigenvalue weighted by Gasteiger charge is 2.30. The second-order valence-corrected chi connectivity index (χ2v) is 7.22. The molecular formula is C17H15F3N2O5S. The number of alkyl halides is 3. The van der Waals surface area contributed by atoms with Gasteiger partial charge in [0.15, 0.2) is 6.61 Å². The van der Waals surface area contributed by atoms with Crippen molar-refractivity contribution in [3.63, 3.8) is 0 Å². The van der Waals surface area contributed by atoms with Crippen LogP contribution in [-0.4, -0.2) is 26.9 Å². The van der Waals surface area contributed by atoms with Crippen molar-refractivity contribution in [2.45, 2.75) is 17.5 Å². The summed E-state index contributed by atoms with van der Waals surface area (Å²) in [7, 11) is -3.95. The van der Waals surface area contributed by atoms with Crippen molar-refractivity contribution < 1.29 is 35.9 Å². The van der Waals surface area contributed by atoms with Crippen LogP contribution >= 0.6 is 0 Å². The van der Waals surface area contributed by atoms with Gasteiger partial charge in [0.2, 0.25) is 10.0 Å². The zero-order valence-electron chi connectivity index (χ0n) is 14.2. The van der Waals surface area contributed by atoms with E-state index in [1.165, 1.54) is 24.3 Å². The second kappa shape index (κ2) is 8.40. The van der Waals surface area contributed by atoms with Crippen molar-refractivity contribution in [1.82, 2.24) is 0 Å². The zero-order valence-corrected chi connectivity index (χ0v) is 15.0. The topological polar surface area (TPSA) is 116 Å². The number of primary sulfonamides is 1. The van der Waals surface area contributed by atoms with E-state index in [1.54, 1.807) is 0 Å². The van der Waals surface area contributed by atoms with Gasteiger partial charge in [-0.15, -0.1) is 0 Å². The Bertz CT molecular complexity index is 990. The van der Waals surface area contributed by atoms with Gasteiger partial charge in [0, 0.05) is 5.69 Å². The number of ether oxygens (including phenoxy) is 1. The molecular weight excluding hydrogens is 401 g/mol. The number of amides is 1. The van der Waals surface area contributed by atoms with Crippen LogP contribution in [0.3, 0.4) is 0 Å². The molecule has 11 heteroatoms. The highest BCUT2D eigenvalue weighted by Crippen LogP contribution is 2.29. The Morgan fingerprint density at radius 3 is 2.39 bits per heavy atom. The number of anilines is 1. The predicted molar refractivity (Wildman–Crippen MR) is 92.6 cm³/mol. The quantitative estimate of drug-likeness (QED) is 0.700. The van der Waals surface area contributed by atoms with Crippen LogP contribution in [-0.2, 0) is 36.9 Å². The molecule has 0 spiro atoms. The van der Waals surface area contributed by atoms with Gasteiger partial charge in [-0.2, -0.15) is 13.2 Å². The smallest absolute Gasteiger partial charge is 0.416 e. The van der Waals surface area contributed by atoms with E-state index < -0.39 is 46.7 Å². The number of nitrogens with one attached hydrogen (secondary N) is 1. The molecule has 0 fully saturated rings. The second-order valence-electron chi connectivity index (χ2n) is 5.66. The van der Waals surface area contributed by atoms with E-state index in [1.807, 2.05) is 0 Å². The fraction of sp³-hybridized carbons (Fsp3) is 0.176. The third kappa shape index (κ3) is 6.35. The van der Waals surface area contributed by atoms with Gasteiger partial charge in [0.1, 0.15) is 0 Å². The maximum Gasteiger partial charge on any atom is 0.416 e. The fourth-order valence-electron chi connectivity index (χ4n) is 2.17. The minimum Gasteiger partial charge on any atom is -0.455 e. The third-order valence-corrected chi connectivity index (χ3v) is 4.32. The lowest BCUT2D eigenvalue weighted by atomic mass is 10.1. The number of hydrogen-bond acceptors (Lipinski definition) is 5. The van der Waals surface area contributed by atoms with Crippen molar-refractivity contribution in [3.8, 4) is 0 Å². The summed E-state index contributed by atoms with van der Waals surface area (Å²) in [5.74, 6) is -1.66. The van der Waals surface area contributed by atoms with Crippen LogP contribution in [0.15, 0.2) is 53.4 Å². The number of benzene rings is 2. The predicted octanol–water partition coefficient (Wildman–Crippen LogP) is 2.08. The number of carbonyl (C=O) groups is 2. The molecule has 2 aromatic carbocycles. The van der Waals surface area contributed by atoms with Crippen molar-refractivity contribution in [1.29, 1.82) is 0 Å². The van der Waals surface area contributed by atoms with Crippen LogP contribution in [0.2, 0.25) is 0 Å². The van der Waals surface area contributed by atoms with E-state index in [0.29, 0.717) is 0 Å². The molecule has 0 unspecified atom stereocenters. The van der Waals surface area contributed by atoms with Crippen LogP contribution in [0.5, 0.6) is 0 Å². The van der Waals surface area contributed by atoms with Gasteiger partial charge < -0.3 is 10.1 Å². The number of nitrogens with two attached hydrogens (primary N) is 1. The molecule has 2 rings (SSSR count). The molecule has 0 aliphatic rings. The average molecular weight is 416 g/mol. The molecule has 0 aromatic heterocycles. The van der Waals surface area contributed by atoms with Gasteiger partial charge >= 0.3 is 12.1 Å². The number of carbonyl (C=O) groups excluding carboxylic acids is 2. The first kappa shape index (κ1) is 21.4. The van der Waals surface area contributed by atoms with Crippen LogP contribution in [0.25, 0.3) is 0 Å². The minimum absolute atomic E-state index is 0.0843. The number of esters is 1. The third-order valence-electron chi connectivity index (χ3n) is 3.41. The van der Waals surface area contributed by atoms with E-state index >= 15 is 0 Å². The SMILES string of the molecule is NS(=O)(=O)c1cccc(NC(=O)COC(=O)Cc2cccc(C(F)(F)F)c2)c1. The Kier molecular flexibility index (Phi) is 6.41. The molecule has 0 saturated heterocycles. The summed E-state index contributed by atoms with van der Waals surface area (Å²) in [5.41, 5.74) is -0.697. The summed E-state index contributed by atoms with van der Waals surface area (Å²) in [6.07, 6.45) is -4.98. The summed E-state index contributed by atoms with van der Waals surface area (Å²) in [6, 6.07) is 9.30. The first-order valence-electron chi connectivity index (χ1n) is 7.69. The first-order valence-corrected chi connectivity index (χ1v) is 9.24. The Labute approximate surface area is 158 Å². The first-order chi connectivity index (χ1) is 12.9. The number of rotatable bonds is 6. The molecule has 150 valence electrons. The van der Waals surface area contributed by atoms with Crippen LogP contribution < -0.4 is 10.5 Å². The summed E-state index contributed by atoms with van der Waals surface area (Å²) in [4.78, 5) is 23.3. The van der Waals surface area contributed by atoms with Gasteiger partial charge in [-0.05, 0) is 29.8 Å². The number of sulfonamides is 1. The van der Waals surface area contributed by atoms with Gasteiger partial charge in [0.25, 0.3) is 5.91 Å². The molecule has 3 N–H and O–H groups in total. The Morgan fingerprint density at radius 2 is 1.75 bits per heavy atom. The van der Waals surface area contributed by atoms with Crippen molar-refractivity contribution in [2.24, 2.45) is 5.14 Å². The van der Waals surface area contributed by atoms with Crippen LogP contribution in [0.4, 0.5) is 18.9 Å². The molecule has 0 saturated carbocycles. The van der Waals surface area contributed by atoms with Crippen LogP contribution in [0.1, 0.15) is 11.1 Å². The monoisotopic (exact) mass is 416 g/mol. The normalized spacial score (nSPS) is 11.7. The largest absolute Gasteiger partial charge is 0.455 e. The molecule has 0 aliphatic heterocycles. The lowest BCUT2D eigenvalue weighted by Crippen LogP contribution is -2.22. The summed E-state index contributed by atoms with van der Waals surface area (Å²) in [5, 5.41) is 7.30. The zero-order chi connectivity index (χ0) is 20.9. The molecule has 1 amide bonds. The molecule has 0 aliphatic carbocycles. The Morgan fingerprint density at radius 1 is 1.07 bits per heavy atom. The van der Waals surface area contributed by atoms with Gasteiger partial charge in [-0.25, -0.2) is 13.6 Å². The van der Waals surface area contributed by atoms with Crippen molar-refractivity contribution >= 4 is 27.6 Å². The molecule has 0 bridgehead atoms. The molecule has 7 nitrogen and oxygen atoms in total. The van der Waals surface area contributed by atoms with Crippen molar-refractivity contribution in [3.05, 3.63) is 59.7 Å². The van der Waals surface area contributed by atoms with E-state index in [9.17, 15) is 31.2 Å². The van der Waals surface area contributed by atoms with E-state index in [-0.39, 0.29) is 16.1 Å². The van der Waals surface area contributed by atoms with E-state index in [2.05, 4.69) is 5.32 Å². The lowest BCUT2D eigenvalue weighted by molar-refractivity contribution is -0.146. The lowest BCUT2D eigenvalue weighted by Gasteiger charge is -2.09. The standard InChI is InChI=1S/C17H15F3N2O5S/c18-17(19,20)12-4-1-3-11(7-12)8-16(24)27-10-15(23)22-13-5-2-6-14(9-13)28(21,25)26/h1-7,9H,8,10H2,(H,22,23)(H2,21,25,26). The highest BCUT2D eigenvalue weighted by molar-refractivity contribution is 7.89. The summed E-state index contributed by atoms with van der Waals surface area (Å²) in [6.45, 7) is -0.697. The average Bonchev–Trinajstić information content (AvgIpc) is 2.59. The Balaban J connectivity index is 1.90. The van der Waals surface area contributed by atoms with Gasteiger partial charge in [0.05, 0.1) is 16.9 Å². The Hall–Kier alpha value is -2.92. The van der Waals surface area contributed by atoms with Crippen LogP contribution in [0, 0.1) is 0 Å². The molecule has 28 heavy (non-hydrogen) atoms. The molecule has 0 heterocycles. The number of hydrogen-bond donors (Lipinski definition) is 2. The minimum atomic E-state index is -4.54. The highest BCUT2D eigenvalue weighted by atomic mass is 32.2.